The second-order valence-corrected chi connectivity index (χ2v) is 23.4. The maximum Gasteiger partial charge on any atom is 0.343 e. The van der Waals surface area contributed by atoms with Crippen molar-refractivity contribution in [2.75, 3.05) is 29.7 Å². The SMILES string of the molecule is CC(C)CCC[C@@H](C)[C@H]1CC[C@H]2[C@@H]3CC=C4C[C@@H](OC(=O)Cc5ccc(N(CCCl)CCCl)cc5)CC[C@]4(C)[C@H]3CC[C@]12C.CC[C@@]1(O)C(=O)OCc2c1cc1n(c2=O)Cc2cc3ccccc3nc2-1. The number of hydrogen-bond donors (Lipinski definition) is 1. The molecule has 0 amide bonds. The predicted molar refractivity (Wildman–Crippen MR) is 281 cm³/mol. The van der Waals surface area contributed by atoms with Crippen molar-refractivity contribution in [3.05, 3.63) is 105 Å². The number of esters is 2. The van der Waals surface area contributed by atoms with Crippen molar-refractivity contribution in [2.24, 2.45) is 46.3 Å². The fourth-order valence-corrected chi connectivity index (χ4v) is 14.9. The number of aliphatic hydroxyl groups is 1. The van der Waals surface area contributed by atoms with Gasteiger partial charge in [-0.15, -0.1) is 23.2 Å². The van der Waals surface area contributed by atoms with Gasteiger partial charge in [-0.3, -0.25) is 9.59 Å². The van der Waals surface area contributed by atoms with Crippen molar-refractivity contribution in [3.63, 3.8) is 0 Å². The van der Waals surface area contributed by atoms with E-state index in [4.69, 9.17) is 37.7 Å². The van der Waals surface area contributed by atoms with Gasteiger partial charge in [0, 0.05) is 53.5 Å². The summed E-state index contributed by atoms with van der Waals surface area (Å²) in [5.74, 6) is 5.40. The molecule has 2 aromatic heterocycles. The smallest absolute Gasteiger partial charge is 0.343 e. The van der Waals surface area contributed by atoms with Gasteiger partial charge in [0.05, 0.1) is 35.4 Å². The maximum atomic E-state index is 13.0. The summed E-state index contributed by atoms with van der Waals surface area (Å²) in [6.07, 6.45) is 17.2. The summed E-state index contributed by atoms with van der Waals surface area (Å²) in [5, 5.41) is 11.8. The molecule has 0 bridgehead atoms. The van der Waals surface area contributed by atoms with Crippen LogP contribution in [0.1, 0.15) is 141 Å². The van der Waals surface area contributed by atoms with Crippen molar-refractivity contribution < 1.29 is 24.2 Å². The molecule has 0 radical (unpaired) electrons. The third-order valence-corrected chi connectivity index (χ3v) is 18.7. The molecule has 4 aliphatic carbocycles. The number of anilines is 1. The highest BCUT2D eigenvalue weighted by atomic mass is 35.5. The van der Waals surface area contributed by atoms with Gasteiger partial charge in [0.25, 0.3) is 5.56 Å². The van der Waals surface area contributed by atoms with Crippen molar-refractivity contribution in [1.29, 1.82) is 0 Å². The molecule has 1 N–H and O–H groups in total. The van der Waals surface area contributed by atoms with Crippen LogP contribution in [0.3, 0.4) is 0 Å². The number of carbonyl (C=O) groups excluding carboxylic acids is 2. The summed E-state index contributed by atoms with van der Waals surface area (Å²) in [6, 6.07) is 19.7. The van der Waals surface area contributed by atoms with E-state index in [-0.39, 0.29) is 36.1 Å². The topological polar surface area (TPSA) is 111 Å². The zero-order valence-corrected chi connectivity index (χ0v) is 43.9. The van der Waals surface area contributed by atoms with Crippen LogP contribution in [0.25, 0.3) is 22.3 Å². The Morgan fingerprint density at radius 2 is 1.71 bits per heavy atom. The number of para-hydroxylation sites is 1. The Kier molecular flexibility index (Phi) is 15.0. The number of fused-ring (bicyclic) bond motifs is 10. The fraction of sp³-hybridized carbons (Fsp3) is 0.593. The van der Waals surface area contributed by atoms with E-state index in [0.717, 1.165) is 101 Å². The molecule has 10 rings (SSSR count). The highest BCUT2D eigenvalue weighted by Gasteiger charge is 2.59. The highest BCUT2D eigenvalue weighted by Crippen LogP contribution is 2.67. The monoisotopic (exact) mass is 992 g/mol. The molecule has 376 valence electrons. The number of rotatable bonds is 14. The molecule has 4 heterocycles. The minimum Gasteiger partial charge on any atom is -0.462 e. The minimum absolute atomic E-state index is 0.0111. The molecular formula is C59H75Cl2N3O6. The van der Waals surface area contributed by atoms with Gasteiger partial charge >= 0.3 is 11.9 Å². The molecule has 3 saturated carbocycles. The predicted octanol–water partition coefficient (Wildman–Crippen LogP) is 12.5. The maximum absolute atomic E-state index is 13.0. The third-order valence-electron chi connectivity index (χ3n) is 18.3. The lowest BCUT2D eigenvalue weighted by atomic mass is 9.47. The molecule has 6 aliphatic rings. The number of nitrogens with zero attached hydrogens (tertiary/aromatic N) is 3. The van der Waals surface area contributed by atoms with Gasteiger partial charge < -0.3 is 24.0 Å². The van der Waals surface area contributed by atoms with E-state index in [1.165, 1.54) is 51.4 Å². The summed E-state index contributed by atoms with van der Waals surface area (Å²) in [7, 11) is 0. The van der Waals surface area contributed by atoms with Gasteiger partial charge in [0.15, 0.2) is 5.60 Å². The zero-order valence-electron chi connectivity index (χ0n) is 42.4. The first kappa shape index (κ1) is 50.7. The lowest BCUT2D eigenvalue weighted by Gasteiger charge is -2.58. The molecule has 11 heteroatoms. The van der Waals surface area contributed by atoms with Gasteiger partial charge in [0.2, 0.25) is 0 Å². The average molecular weight is 993 g/mol. The fourth-order valence-electron chi connectivity index (χ4n) is 14.5. The molecule has 2 aromatic carbocycles. The van der Waals surface area contributed by atoms with Gasteiger partial charge in [0.1, 0.15) is 12.7 Å². The number of aromatic nitrogens is 2. The van der Waals surface area contributed by atoms with Gasteiger partial charge in [-0.05, 0) is 134 Å². The van der Waals surface area contributed by atoms with Gasteiger partial charge in [-0.25, -0.2) is 9.78 Å². The summed E-state index contributed by atoms with van der Waals surface area (Å²) >= 11 is 11.9. The number of ether oxygens (including phenoxy) is 2. The second kappa shape index (κ2) is 20.7. The van der Waals surface area contributed by atoms with E-state index in [1.54, 1.807) is 23.1 Å². The van der Waals surface area contributed by atoms with Crippen LogP contribution in [0.15, 0.2) is 77.1 Å². The molecule has 0 saturated heterocycles. The Morgan fingerprint density at radius 1 is 0.957 bits per heavy atom. The van der Waals surface area contributed by atoms with Crippen LogP contribution in [0, 0.1) is 46.3 Å². The molecule has 2 aliphatic heterocycles. The number of alkyl halides is 2. The molecule has 0 unspecified atom stereocenters. The zero-order chi connectivity index (χ0) is 49.5. The molecule has 9 atom stereocenters. The van der Waals surface area contributed by atoms with Crippen LogP contribution in [0.5, 0.6) is 0 Å². The number of cyclic esters (lactones) is 1. The number of carbonyl (C=O) groups is 2. The van der Waals surface area contributed by atoms with Crippen molar-refractivity contribution in [2.45, 2.75) is 150 Å². The van der Waals surface area contributed by atoms with Crippen LogP contribution < -0.4 is 10.5 Å². The summed E-state index contributed by atoms with van der Waals surface area (Å²) < 4.78 is 12.8. The number of hydrogen-bond acceptors (Lipinski definition) is 8. The van der Waals surface area contributed by atoms with Crippen LogP contribution in [-0.4, -0.2) is 57.5 Å². The Bertz CT molecular complexity index is 2660. The summed E-state index contributed by atoms with van der Waals surface area (Å²) in [6.45, 7) is 16.1. The first-order chi connectivity index (χ1) is 33.6. The van der Waals surface area contributed by atoms with Crippen LogP contribution in [-0.2, 0) is 44.2 Å². The lowest BCUT2D eigenvalue weighted by Crippen LogP contribution is -2.51. The van der Waals surface area contributed by atoms with Gasteiger partial charge in [-0.1, -0.05) is 103 Å². The Balaban J connectivity index is 0.000000197. The second-order valence-electron chi connectivity index (χ2n) is 22.6. The Labute approximate surface area is 425 Å². The van der Waals surface area contributed by atoms with Crippen LogP contribution in [0.4, 0.5) is 5.69 Å². The molecular weight excluding hydrogens is 918 g/mol. The minimum atomic E-state index is -1.79. The van der Waals surface area contributed by atoms with E-state index >= 15 is 0 Å². The Morgan fingerprint density at radius 3 is 2.44 bits per heavy atom. The van der Waals surface area contributed by atoms with Crippen LogP contribution in [0.2, 0.25) is 0 Å². The third kappa shape index (κ3) is 9.50. The molecule has 0 spiro atoms. The highest BCUT2D eigenvalue weighted by molar-refractivity contribution is 6.18. The molecule has 70 heavy (non-hydrogen) atoms. The van der Waals surface area contributed by atoms with E-state index in [0.29, 0.717) is 47.0 Å². The number of benzene rings is 2. The molecule has 9 nitrogen and oxygen atoms in total. The summed E-state index contributed by atoms with van der Waals surface area (Å²) in [4.78, 5) is 45.1. The summed E-state index contributed by atoms with van der Waals surface area (Å²) in [5.41, 5.74) is 6.29. The molecule has 4 aromatic rings. The van der Waals surface area contributed by atoms with E-state index in [2.05, 4.69) is 57.7 Å². The first-order valence-electron chi connectivity index (χ1n) is 26.5. The van der Waals surface area contributed by atoms with E-state index < -0.39 is 11.6 Å². The van der Waals surface area contributed by atoms with E-state index in [1.807, 2.05) is 42.5 Å². The first-order valence-corrected chi connectivity index (χ1v) is 27.6. The van der Waals surface area contributed by atoms with Gasteiger partial charge in [-0.2, -0.15) is 0 Å². The van der Waals surface area contributed by atoms with E-state index in [9.17, 15) is 19.5 Å². The Hall–Kier alpha value is -4.18. The average Bonchev–Trinajstić information content (AvgIpc) is 3.89. The van der Waals surface area contributed by atoms with Crippen molar-refractivity contribution in [1.82, 2.24) is 9.55 Å². The van der Waals surface area contributed by atoms with Crippen LogP contribution >= 0.6 is 23.2 Å². The quantitative estimate of drug-likeness (QED) is 0.0665. The lowest BCUT2D eigenvalue weighted by molar-refractivity contribution is -0.172. The largest absolute Gasteiger partial charge is 0.462 e. The molecule has 3 fully saturated rings. The van der Waals surface area contributed by atoms with Crippen molar-refractivity contribution in [3.8, 4) is 11.4 Å². The number of allylic oxidation sites excluding steroid dienone is 1. The number of halogens is 2. The normalized spacial score (nSPS) is 28.7. The number of pyridine rings is 2. The van der Waals surface area contributed by atoms with Crippen molar-refractivity contribution >= 4 is 51.7 Å². The standard InChI is InChI=1S/C39H59Cl2NO2.C20H16N2O4/c1-27(2)7-6-8-28(3)34-15-16-35-33-14-11-30-26-32(17-19-38(30,4)36(33)18-20-39(34,35)5)44-37(43)25-29-9-12-31(13-10-29)42(23-21-40)24-22-41;1-2-20(25)14-8-16-17-12(7-11-5-3-4-6-15(11)21-17)9-22(16)18(23)13(14)10-26-19(20)24/h9-13,27-28,32-36H,6-8,14-26H2,1-5H3;3-8,25H,2,9-10H2,1H3/t28-,32+,33+,34-,35+,36+,38+,39-;20-/m10/s1.